The second kappa shape index (κ2) is 13.5. The van der Waals surface area contributed by atoms with Gasteiger partial charge in [-0.2, -0.15) is 0 Å². The summed E-state index contributed by atoms with van der Waals surface area (Å²) in [6.45, 7) is 9.10. The molecule has 1 atom stereocenters. The Kier molecular flexibility index (Phi) is 11.0. The molecule has 0 aliphatic heterocycles. The molecule has 0 spiro atoms. The van der Waals surface area contributed by atoms with Crippen molar-refractivity contribution in [2.24, 2.45) is 5.92 Å². The number of halogens is 2. The van der Waals surface area contributed by atoms with Gasteiger partial charge in [0.1, 0.15) is 11.8 Å². The Hall–Kier alpha value is -2.24. The fraction of sp³-hybridized carbons (Fsp3) is 0.462. The first-order valence-corrected chi connectivity index (χ1v) is 12.2. The number of benzene rings is 2. The van der Waals surface area contributed by atoms with Crippen molar-refractivity contribution >= 4 is 35.0 Å². The van der Waals surface area contributed by atoms with Gasteiger partial charge in [0, 0.05) is 35.1 Å². The molecule has 0 aliphatic rings. The number of nitrogens with zero attached hydrogens (tertiary/aromatic N) is 1. The molecule has 180 valence electrons. The number of ether oxygens (including phenoxy) is 1. The van der Waals surface area contributed by atoms with Crippen molar-refractivity contribution in [3.63, 3.8) is 0 Å². The van der Waals surface area contributed by atoms with Gasteiger partial charge in [0.2, 0.25) is 11.8 Å². The van der Waals surface area contributed by atoms with E-state index in [4.69, 9.17) is 27.9 Å². The standard InChI is InChI=1S/C26H34Cl2N2O3/c1-5-24(26(32)29-16-18(2)3)30(17-21-22(27)8-6-9-23(21)28)25(31)10-7-15-33-20-13-11-19(4)12-14-20/h6,8-9,11-14,18,24H,5,7,10,15-17H2,1-4H3,(H,29,32)/t24-/m0/s1. The largest absolute Gasteiger partial charge is 0.494 e. The molecule has 5 nitrogen and oxygen atoms in total. The zero-order valence-corrected chi connectivity index (χ0v) is 21.4. The van der Waals surface area contributed by atoms with Crippen LogP contribution in [0.4, 0.5) is 0 Å². The van der Waals surface area contributed by atoms with Crippen molar-refractivity contribution < 1.29 is 14.3 Å². The van der Waals surface area contributed by atoms with Gasteiger partial charge in [0.15, 0.2) is 0 Å². The molecule has 2 aromatic rings. The Labute approximate surface area is 207 Å². The molecule has 2 aromatic carbocycles. The van der Waals surface area contributed by atoms with Gasteiger partial charge in [-0.25, -0.2) is 0 Å². The van der Waals surface area contributed by atoms with Crippen molar-refractivity contribution in [1.82, 2.24) is 10.2 Å². The number of aryl methyl sites for hydroxylation is 1. The van der Waals surface area contributed by atoms with Crippen LogP contribution in [0.15, 0.2) is 42.5 Å². The smallest absolute Gasteiger partial charge is 0.242 e. The summed E-state index contributed by atoms with van der Waals surface area (Å²) in [7, 11) is 0. The summed E-state index contributed by atoms with van der Waals surface area (Å²) in [5.41, 5.74) is 1.80. The van der Waals surface area contributed by atoms with E-state index in [-0.39, 0.29) is 24.8 Å². The molecule has 0 fully saturated rings. The van der Waals surface area contributed by atoms with Gasteiger partial charge in [-0.1, -0.05) is 67.7 Å². The number of hydrogen-bond donors (Lipinski definition) is 1. The quantitative estimate of drug-likeness (QED) is 0.367. The fourth-order valence-electron chi connectivity index (χ4n) is 3.39. The summed E-state index contributed by atoms with van der Waals surface area (Å²) < 4.78 is 5.75. The Morgan fingerprint density at radius 1 is 1.06 bits per heavy atom. The highest BCUT2D eigenvalue weighted by molar-refractivity contribution is 6.36. The summed E-state index contributed by atoms with van der Waals surface area (Å²) in [6, 6.07) is 12.4. The van der Waals surface area contributed by atoms with Gasteiger partial charge in [0.25, 0.3) is 0 Å². The van der Waals surface area contributed by atoms with Gasteiger partial charge in [-0.15, -0.1) is 0 Å². The SMILES string of the molecule is CC[C@@H](C(=O)NCC(C)C)N(Cc1c(Cl)cccc1Cl)C(=O)CCCOc1ccc(C)cc1. The number of carbonyl (C=O) groups is 2. The third-order valence-corrected chi connectivity index (χ3v) is 5.99. The maximum Gasteiger partial charge on any atom is 0.242 e. The molecule has 0 aliphatic carbocycles. The third-order valence-electron chi connectivity index (χ3n) is 5.29. The molecule has 2 rings (SSSR count). The highest BCUT2D eigenvalue weighted by atomic mass is 35.5. The number of amides is 2. The highest BCUT2D eigenvalue weighted by Gasteiger charge is 2.29. The highest BCUT2D eigenvalue weighted by Crippen LogP contribution is 2.27. The van der Waals surface area contributed by atoms with Gasteiger partial charge < -0.3 is 15.0 Å². The number of rotatable bonds is 12. The Bertz CT molecular complexity index is 896. The van der Waals surface area contributed by atoms with Crippen LogP contribution in [0.3, 0.4) is 0 Å². The Morgan fingerprint density at radius 3 is 2.27 bits per heavy atom. The second-order valence-electron chi connectivity index (χ2n) is 8.55. The third kappa shape index (κ3) is 8.56. The number of carbonyl (C=O) groups excluding carboxylic acids is 2. The lowest BCUT2D eigenvalue weighted by Gasteiger charge is -2.31. The fourth-order valence-corrected chi connectivity index (χ4v) is 3.90. The second-order valence-corrected chi connectivity index (χ2v) is 9.36. The molecule has 0 saturated carbocycles. The lowest BCUT2D eigenvalue weighted by atomic mass is 10.1. The predicted octanol–water partition coefficient (Wildman–Crippen LogP) is 6.04. The Morgan fingerprint density at radius 2 is 1.70 bits per heavy atom. The van der Waals surface area contributed by atoms with Crippen LogP contribution in [0.5, 0.6) is 5.75 Å². The topological polar surface area (TPSA) is 58.6 Å². The van der Waals surface area contributed by atoms with Crippen LogP contribution in [0, 0.1) is 12.8 Å². The van der Waals surface area contributed by atoms with E-state index in [1.165, 1.54) is 0 Å². The molecule has 0 bridgehead atoms. The predicted molar refractivity (Wildman–Crippen MR) is 135 cm³/mol. The molecule has 7 heteroatoms. The van der Waals surface area contributed by atoms with Crippen molar-refractivity contribution in [3.8, 4) is 5.75 Å². The maximum absolute atomic E-state index is 13.3. The van der Waals surface area contributed by atoms with E-state index < -0.39 is 6.04 Å². The summed E-state index contributed by atoms with van der Waals surface area (Å²) in [4.78, 5) is 27.8. The van der Waals surface area contributed by atoms with E-state index in [0.717, 1.165) is 11.3 Å². The van der Waals surface area contributed by atoms with Crippen LogP contribution < -0.4 is 10.1 Å². The van der Waals surface area contributed by atoms with Crippen molar-refractivity contribution in [3.05, 3.63) is 63.6 Å². The van der Waals surface area contributed by atoms with Crippen LogP contribution in [0.2, 0.25) is 10.0 Å². The first-order chi connectivity index (χ1) is 15.7. The van der Waals surface area contributed by atoms with Gasteiger partial charge in [-0.05, 0) is 49.9 Å². The summed E-state index contributed by atoms with van der Waals surface area (Å²) >= 11 is 12.7. The minimum Gasteiger partial charge on any atom is -0.494 e. The Balaban J connectivity index is 2.11. The molecule has 0 heterocycles. The summed E-state index contributed by atoms with van der Waals surface area (Å²) in [5, 5.41) is 3.90. The van der Waals surface area contributed by atoms with Crippen LogP contribution in [0.25, 0.3) is 0 Å². The molecule has 33 heavy (non-hydrogen) atoms. The first-order valence-electron chi connectivity index (χ1n) is 11.4. The normalized spacial score (nSPS) is 11.8. The van der Waals surface area contributed by atoms with E-state index in [0.29, 0.717) is 47.5 Å². The number of hydrogen-bond acceptors (Lipinski definition) is 3. The molecule has 2 amide bonds. The first kappa shape index (κ1) is 27.0. The average molecular weight is 493 g/mol. The van der Waals surface area contributed by atoms with Crippen LogP contribution in [0.1, 0.15) is 51.2 Å². The minimum atomic E-state index is -0.610. The van der Waals surface area contributed by atoms with E-state index in [9.17, 15) is 9.59 Å². The lowest BCUT2D eigenvalue weighted by molar-refractivity contribution is -0.141. The van der Waals surface area contributed by atoms with Crippen LogP contribution in [-0.2, 0) is 16.1 Å². The van der Waals surface area contributed by atoms with E-state index in [1.807, 2.05) is 52.0 Å². The van der Waals surface area contributed by atoms with Crippen LogP contribution >= 0.6 is 23.2 Å². The molecular formula is C26H34Cl2N2O3. The molecule has 1 N–H and O–H groups in total. The van der Waals surface area contributed by atoms with Crippen molar-refractivity contribution in [2.75, 3.05) is 13.2 Å². The minimum absolute atomic E-state index is 0.134. The molecule has 0 unspecified atom stereocenters. The molecule has 0 aromatic heterocycles. The monoisotopic (exact) mass is 492 g/mol. The van der Waals surface area contributed by atoms with Gasteiger partial charge in [-0.3, -0.25) is 9.59 Å². The zero-order valence-electron chi connectivity index (χ0n) is 19.9. The van der Waals surface area contributed by atoms with E-state index >= 15 is 0 Å². The van der Waals surface area contributed by atoms with Crippen molar-refractivity contribution in [1.29, 1.82) is 0 Å². The summed E-state index contributed by atoms with van der Waals surface area (Å²) in [6.07, 6.45) is 1.27. The average Bonchev–Trinajstić information content (AvgIpc) is 2.78. The van der Waals surface area contributed by atoms with E-state index in [1.54, 1.807) is 23.1 Å². The van der Waals surface area contributed by atoms with Gasteiger partial charge >= 0.3 is 0 Å². The number of nitrogens with one attached hydrogen (secondary N) is 1. The molecule has 0 radical (unpaired) electrons. The maximum atomic E-state index is 13.3. The van der Waals surface area contributed by atoms with Crippen LogP contribution in [-0.4, -0.2) is 35.9 Å². The molecule has 0 saturated heterocycles. The molecular weight excluding hydrogens is 459 g/mol. The van der Waals surface area contributed by atoms with Gasteiger partial charge in [0.05, 0.1) is 6.61 Å². The lowest BCUT2D eigenvalue weighted by Crippen LogP contribution is -2.49. The van der Waals surface area contributed by atoms with Crippen molar-refractivity contribution in [2.45, 2.75) is 59.5 Å². The summed E-state index contributed by atoms with van der Waals surface area (Å²) in [5.74, 6) is 0.781. The zero-order chi connectivity index (χ0) is 24.4. The van der Waals surface area contributed by atoms with E-state index in [2.05, 4.69) is 5.32 Å².